The minimum absolute atomic E-state index is 0.162. The molecule has 0 aliphatic rings. The Morgan fingerprint density at radius 3 is 1.86 bits per heavy atom. The minimum Gasteiger partial charge on any atom is -0.321 e. The Morgan fingerprint density at radius 1 is 0.714 bits per heavy atom. The Bertz CT molecular complexity index is 1920. The number of nitrogens with zero attached hydrogens (tertiary/aromatic N) is 2. The maximum atomic E-state index is 15.2. The lowest BCUT2D eigenvalue weighted by molar-refractivity contribution is 0.505. The van der Waals surface area contributed by atoms with Gasteiger partial charge in [0.1, 0.15) is 0 Å². The quantitative estimate of drug-likeness (QED) is 0.214. The van der Waals surface area contributed by atoms with Crippen LogP contribution in [0.5, 0.6) is 0 Å². The van der Waals surface area contributed by atoms with Crippen LogP contribution >= 0.6 is 7.29 Å². The van der Waals surface area contributed by atoms with E-state index in [2.05, 4.69) is 10.1 Å². The number of rotatable bonds is 9. The fraction of sp³-hybridized carbons (Fsp3) is 0.0606. The van der Waals surface area contributed by atoms with Gasteiger partial charge in [0, 0.05) is 28.4 Å². The fourth-order valence-electron chi connectivity index (χ4n) is 5.19. The molecule has 0 spiro atoms. The summed E-state index contributed by atoms with van der Waals surface area (Å²) in [6.45, 7) is 0. The van der Waals surface area contributed by atoms with Gasteiger partial charge in [-0.3, -0.25) is 14.6 Å². The summed E-state index contributed by atoms with van der Waals surface area (Å²) in [4.78, 5) is 4.67. The molecule has 6 rings (SSSR count). The fourth-order valence-corrected chi connectivity index (χ4v) is 9.06. The Morgan fingerprint density at radius 2 is 1.26 bits per heavy atom. The van der Waals surface area contributed by atoms with Crippen molar-refractivity contribution in [3.8, 4) is 0 Å². The number of pyridine rings is 1. The van der Waals surface area contributed by atoms with Gasteiger partial charge in [-0.1, -0.05) is 78.9 Å². The molecule has 210 valence electrons. The average molecular weight is 593 g/mol. The summed E-state index contributed by atoms with van der Waals surface area (Å²) < 4.78 is 44.3. The van der Waals surface area contributed by atoms with Crippen LogP contribution in [0.4, 0.5) is 0 Å². The number of hydrogen-bond acceptors (Lipinski definition) is 5. The van der Waals surface area contributed by atoms with Crippen LogP contribution in [0, 0.1) is 0 Å². The lowest BCUT2D eigenvalue weighted by Gasteiger charge is -2.30. The van der Waals surface area contributed by atoms with E-state index in [-0.39, 0.29) is 4.90 Å². The monoisotopic (exact) mass is 592 g/mol. The van der Waals surface area contributed by atoms with Crippen molar-refractivity contribution in [1.29, 1.82) is 0 Å². The minimum atomic E-state index is -3.95. The summed E-state index contributed by atoms with van der Waals surface area (Å²) in [7, 11) is -7.46. The third kappa shape index (κ3) is 5.10. The first-order chi connectivity index (χ1) is 20.4. The highest BCUT2D eigenvalue weighted by Gasteiger charge is 2.36. The lowest BCUT2D eigenvalue weighted by atomic mass is 9.97. The summed E-state index contributed by atoms with van der Waals surface area (Å²) in [6, 6.07) is 37.9. The van der Waals surface area contributed by atoms with Crippen LogP contribution in [0.15, 0.2) is 151 Å². The van der Waals surface area contributed by atoms with E-state index in [1.807, 2.05) is 84.9 Å². The Hall–Kier alpha value is -4.33. The van der Waals surface area contributed by atoms with Crippen LogP contribution in [0.25, 0.3) is 10.9 Å². The first-order valence-corrected chi connectivity index (χ1v) is 16.6. The molecule has 0 aliphatic heterocycles. The van der Waals surface area contributed by atoms with E-state index >= 15 is 4.57 Å². The number of para-hydroxylation sites is 1. The molecule has 3 N–H and O–H groups in total. The van der Waals surface area contributed by atoms with Crippen LogP contribution in [-0.2, 0) is 14.6 Å². The number of benzene rings is 4. The normalized spacial score (nSPS) is 13.5. The summed E-state index contributed by atoms with van der Waals surface area (Å²) in [6.07, 6.45) is 3.25. The number of aromatic nitrogens is 2. The molecule has 0 fully saturated rings. The summed E-state index contributed by atoms with van der Waals surface area (Å²) in [5, 5.41) is 5.34. The Balaban J connectivity index is 1.59. The topological polar surface area (TPSA) is 107 Å². The van der Waals surface area contributed by atoms with Gasteiger partial charge in [-0.25, -0.2) is 12.4 Å². The highest BCUT2D eigenvalue weighted by atomic mass is 32.2. The first-order valence-electron chi connectivity index (χ1n) is 13.5. The molecule has 0 unspecified atom stereocenters. The molecule has 0 amide bonds. The molecular weight excluding hydrogens is 563 g/mol. The first kappa shape index (κ1) is 27.8. The van der Waals surface area contributed by atoms with Gasteiger partial charge in [0.25, 0.3) is 10.0 Å². The average Bonchev–Trinajstić information content (AvgIpc) is 3.45. The molecule has 0 saturated heterocycles. The Labute approximate surface area is 245 Å². The van der Waals surface area contributed by atoms with E-state index in [0.717, 1.165) is 0 Å². The largest absolute Gasteiger partial charge is 0.321 e. The standard InChI is InChI=1S/C33H29N4O3PS/c34-32(30-21-12-13-23-35-30)33(36-41(38,25-14-4-1-5-15-25)26-16-6-2-7-17-26)29-24-37(31-22-11-10-20-28(29)31)42(39,40)27-18-8-3-9-19-27/h1-24,32-33H,34H2,(H,36,38)/t32-,33+/m0/s1. The van der Waals surface area contributed by atoms with Crippen molar-refractivity contribution >= 4 is 38.8 Å². The third-order valence-corrected chi connectivity index (χ3v) is 11.7. The molecule has 2 aromatic heterocycles. The van der Waals surface area contributed by atoms with Crippen LogP contribution < -0.4 is 21.4 Å². The van der Waals surface area contributed by atoms with Gasteiger partial charge in [0.2, 0.25) is 7.29 Å². The second-order valence-corrected chi connectivity index (χ2v) is 14.2. The molecule has 0 aliphatic carbocycles. The van der Waals surface area contributed by atoms with Gasteiger partial charge in [0.05, 0.1) is 28.2 Å². The van der Waals surface area contributed by atoms with Crippen molar-refractivity contribution in [1.82, 2.24) is 14.0 Å². The molecule has 42 heavy (non-hydrogen) atoms. The summed E-state index contributed by atoms with van der Waals surface area (Å²) in [5.74, 6) is 0. The second kappa shape index (κ2) is 11.5. The van der Waals surface area contributed by atoms with E-state index in [1.165, 1.54) is 3.97 Å². The van der Waals surface area contributed by atoms with Gasteiger partial charge in [-0.05, 0) is 60.2 Å². The van der Waals surface area contributed by atoms with Gasteiger partial charge < -0.3 is 5.73 Å². The molecule has 7 nitrogen and oxygen atoms in total. The molecule has 0 bridgehead atoms. The number of hydrogen-bond donors (Lipinski definition) is 2. The maximum Gasteiger partial charge on any atom is 0.268 e. The maximum absolute atomic E-state index is 15.2. The van der Waals surface area contributed by atoms with Crippen molar-refractivity contribution in [2.24, 2.45) is 5.73 Å². The van der Waals surface area contributed by atoms with E-state index < -0.39 is 29.4 Å². The van der Waals surface area contributed by atoms with E-state index in [1.54, 1.807) is 60.9 Å². The van der Waals surface area contributed by atoms with Crippen molar-refractivity contribution in [3.05, 3.63) is 157 Å². The van der Waals surface area contributed by atoms with Crippen LogP contribution in [0.1, 0.15) is 23.3 Å². The zero-order chi connectivity index (χ0) is 29.2. The molecular formula is C33H29N4O3PS. The number of nitrogens with one attached hydrogen (secondary N) is 1. The second-order valence-electron chi connectivity index (χ2n) is 9.88. The van der Waals surface area contributed by atoms with E-state index in [9.17, 15) is 8.42 Å². The Kier molecular flexibility index (Phi) is 7.62. The molecule has 9 heteroatoms. The predicted octanol–water partition coefficient (Wildman–Crippen LogP) is 5.53. The van der Waals surface area contributed by atoms with Crippen molar-refractivity contribution in [2.75, 3.05) is 0 Å². The molecule has 2 heterocycles. The van der Waals surface area contributed by atoms with Crippen molar-refractivity contribution in [3.63, 3.8) is 0 Å². The zero-order valence-corrected chi connectivity index (χ0v) is 24.3. The molecule has 2 atom stereocenters. The van der Waals surface area contributed by atoms with Crippen molar-refractivity contribution in [2.45, 2.75) is 17.0 Å². The van der Waals surface area contributed by atoms with Gasteiger partial charge in [-0.15, -0.1) is 0 Å². The predicted molar refractivity (Wildman–Crippen MR) is 168 cm³/mol. The van der Waals surface area contributed by atoms with Crippen LogP contribution in [0.3, 0.4) is 0 Å². The van der Waals surface area contributed by atoms with Gasteiger partial charge in [0.15, 0.2) is 0 Å². The smallest absolute Gasteiger partial charge is 0.268 e. The lowest BCUT2D eigenvalue weighted by Crippen LogP contribution is -2.36. The highest BCUT2D eigenvalue weighted by Crippen LogP contribution is 2.45. The summed E-state index contributed by atoms with van der Waals surface area (Å²) >= 11 is 0. The van der Waals surface area contributed by atoms with E-state index in [0.29, 0.717) is 32.8 Å². The van der Waals surface area contributed by atoms with Gasteiger partial charge >= 0.3 is 0 Å². The number of fused-ring (bicyclic) bond motifs is 1. The van der Waals surface area contributed by atoms with Crippen LogP contribution in [0.2, 0.25) is 0 Å². The van der Waals surface area contributed by atoms with E-state index in [4.69, 9.17) is 5.73 Å². The molecule has 4 aromatic carbocycles. The van der Waals surface area contributed by atoms with Gasteiger partial charge in [-0.2, -0.15) is 0 Å². The van der Waals surface area contributed by atoms with Crippen molar-refractivity contribution < 1.29 is 13.0 Å². The van der Waals surface area contributed by atoms with Crippen LogP contribution in [-0.4, -0.2) is 17.4 Å². The number of nitrogens with two attached hydrogens (primary N) is 1. The summed E-state index contributed by atoms with van der Waals surface area (Å²) in [5.41, 5.74) is 8.61. The third-order valence-electron chi connectivity index (χ3n) is 7.29. The SMILES string of the molecule is N[C@@H](c1ccccn1)[C@H](NP(=O)(c1ccccc1)c1ccccc1)c1cn(S(=O)(=O)c2ccccc2)c2ccccc12. The highest BCUT2D eigenvalue weighted by molar-refractivity contribution is 7.90. The molecule has 0 radical (unpaired) electrons. The molecule has 0 saturated carbocycles. The zero-order valence-electron chi connectivity index (χ0n) is 22.6. The molecule has 6 aromatic rings.